The van der Waals surface area contributed by atoms with E-state index in [2.05, 4.69) is 44.8 Å². The summed E-state index contributed by atoms with van der Waals surface area (Å²) in [5.41, 5.74) is 0.347. The maximum Gasteiger partial charge on any atom is 0.0125 e. The molecule has 0 spiro atoms. The molecule has 2 fully saturated rings. The molecule has 1 N–H and O–H groups in total. The first-order valence-electron chi connectivity index (χ1n) is 8.37. The molecule has 1 aliphatic carbocycles. The summed E-state index contributed by atoms with van der Waals surface area (Å²) in [5, 5.41) is 3.95. The van der Waals surface area contributed by atoms with Gasteiger partial charge in [-0.05, 0) is 64.7 Å². The molecule has 1 heterocycles. The number of nitrogens with one attached hydrogen (secondary N) is 1. The normalized spacial score (nSPS) is 35.5. The lowest BCUT2D eigenvalue weighted by Gasteiger charge is -2.43. The average Bonchev–Trinajstić information content (AvgIpc) is 2.33. The molecule has 2 rings (SSSR count). The highest BCUT2D eigenvalue weighted by atomic mass is 15.2. The van der Waals surface area contributed by atoms with Crippen LogP contribution in [0.1, 0.15) is 66.7 Å². The summed E-state index contributed by atoms with van der Waals surface area (Å²) in [6, 6.07) is 1.56. The molecular formula is C17H34N2. The minimum Gasteiger partial charge on any atom is -0.311 e. The number of hydrogen-bond donors (Lipinski definition) is 1. The van der Waals surface area contributed by atoms with Gasteiger partial charge in [0.05, 0.1) is 0 Å². The first-order chi connectivity index (χ1) is 8.86. The van der Waals surface area contributed by atoms with Crippen LogP contribution in [0.15, 0.2) is 0 Å². The number of hydrogen-bond acceptors (Lipinski definition) is 2. The second-order valence-corrected chi connectivity index (χ2v) is 8.06. The smallest absolute Gasteiger partial charge is 0.0125 e. The third-order valence-corrected chi connectivity index (χ3v) is 5.51. The van der Waals surface area contributed by atoms with Gasteiger partial charge in [0.25, 0.3) is 0 Å². The third-order valence-electron chi connectivity index (χ3n) is 5.51. The molecule has 1 saturated carbocycles. The zero-order valence-corrected chi connectivity index (χ0v) is 13.7. The summed E-state index contributed by atoms with van der Waals surface area (Å²) in [6.07, 6.45) is 6.86. The van der Waals surface area contributed by atoms with Crippen LogP contribution in [0.5, 0.6) is 0 Å². The summed E-state index contributed by atoms with van der Waals surface area (Å²) < 4.78 is 0. The highest BCUT2D eigenvalue weighted by molar-refractivity contribution is 4.88. The lowest BCUT2D eigenvalue weighted by atomic mass is 9.78. The van der Waals surface area contributed by atoms with Crippen molar-refractivity contribution in [2.45, 2.75) is 84.3 Å². The molecule has 0 aromatic heterocycles. The van der Waals surface area contributed by atoms with Gasteiger partial charge in [0.1, 0.15) is 0 Å². The van der Waals surface area contributed by atoms with Gasteiger partial charge in [-0.2, -0.15) is 0 Å². The Labute approximate surface area is 120 Å². The predicted molar refractivity (Wildman–Crippen MR) is 83.5 cm³/mol. The molecule has 0 radical (unpaired) electrons. The van der Waals surface area contributed by atoms with Crippen molar-refractivity contribution in [3.8, 4) is 0 Å². The van der Waals surface area contributed by atoms with Crippen LogP contribution in [-0.4, -0.2) is 35.6 Å². The molecule has 19 heavy (non-hydrogen) atoms. The lowest BCUT2D eigenvalue weighted by molar-refractivity contribution is 0.0893. The van der Waals surface area contributed by atoms with Crippen LogP contribution in [0.3, 0.4) is 0 Å². The van der Waals surface area contributed by atoms with E-state index in [1.807, 2.05) is 0 Å². The van der Waals surface area contributed by atoms with E-state index >= 15 is 0 Å². The van der Waals surface area contributed by atoms with Crippen molar-refractivity contribution in [3.05, 3.63) is 0 Å². The largest absolute Gasteiger partial charge is 0.311 e. The van der Waals surface area contributed by atoms with E-state index in [9.17, 15) is 0 Å². The Morgan fingerprint density at radius 2 is 1.47 bits per heavy atom. The first kappa shape index (κ1) is 15.3. The molecule has 0 bridgehead atoms. The van der Waals surface area contributed by atoms with Crippen molar-refractivity contribution < 1.29 is 0 Å². The van der Waals surface area contributed by atoms with Crippen LogP contribution in [0.2, 0.25) is 0 Å². The van der Waals surface area contributed by atoms with Crippen LogP contribution in [0, 0.1) is 11.8 Å². The van der Waals surface area contributed by atoms with Gasteiger partial charge in [-0.1, -0.05) is 13.8 Å². The van der Waals surface area contributed by atoms with Crippen LogP contribution in [0.25, 0.3) is 0 Å². The Morgan fingerprint density at radius 3 is 2.00 bits per heavy atom. The van der Waals surface area contributed by atoms with Gasteiger partial charge in [0.15, 0.2) is 0 Å². The topological polar surface area (TPSA) is 15.3 Å². The molecule has 3 atom stereocenters. The van der Waals surface area contributed by atoms with Crippen LogP contribution in [0.4, 0.5) is 0 Å². The quantitative estimate of drug-likeness (QED) is 0.820. The van der Waals surface area contributed by atoms with Gasteiger partial charge < -0.3 is 5.32 Å². The minimum atomic E-state index is 0.347. The molecule has 2 aliphatic rings. The molecule has 1 saturated heterocycles. The van der Waals surface area contributed by atoms with E-state index in [4.69, 9.17) is 0 Å². The molecular weight excluding hydrogens is 232 g/mol. The Kier molecular flexibility index (Phi) is 4.94. The molecule has 0 aromatic rings. The Balaban J connectivity index is 1.74. The fourth-order valence-electron chi connectivity index (χ4n) is 3.75. The van der Waals surface area contributed by atoms with Crippen molar-refractivity contribution in [2.24, 2.45) is 11.8 Å². The van der Waals surface area contributed by atoms with Crippen LogP contribution >= 0.6 is 0 Å². The zero-order valence-electron chi connectivity index (χ0n) is 13.7. The monoisotopic (exact) mass is 266 g/mol. The second kappa shape index (κ2) is 6.13. The zero-order chi connectivity index (χ0) is 14.0. The average molecular weight is 266 g/mol. The molecule has 112 valence electrons. The number of rotatable bonds is 2. The molecule has 0 aromatic carbocycles. The fraction of sp³-hybridized carbons (Fsp3) is 1.00. The molecule has 1 aliphatic heterocycles. The summed E-state index contributed by atoms with van der Waals surface area (Å²) in [7, 11) is 0. The van der Waals surface area contributed by atoms with E-state index in [-0.39, 0.29) is 0 Å². The Morgan fingerprint density at radius 1 is 0.842 bits per heavy atom. The summed E-state index contributed by atoms with van der Waals surface area (Å²) >= 11 is 0. The van der Waals surface area contributed by atoms with E-state index in [0.717, 1.165) is 23.9 Å². The second-order valence-electron chi connectivity index (χ2n) is 8.06. The van der Waals surface area contributed by atoms with Crippen molar-refractivity contribution in [1.82, 2.24) is 10.2 Å². The van der Waals surface area contributed by atoms with Gasteiger partial charge in [-0.25, -0.2) is 0 Å². The van der Waals surface area contributed by atoms with Crippen molar-refractivity contribution in [2.75, 3.05) is 13.1 Å². The van der Waals surface area contributed by atoms with E-state index in [1.165, 1.54) is 45.2 Å². The molecule has 3 unspecified atom stereocenters. The van der Waals surface area contributed by atoms with Gasteiger partial charge in [0, 0.05) is 30.7 Å². The lowest BCUT2D eigenvalue weighted by Crippen LogP contribution is -2.52. The van der Waals surface area contributed by atoms with Crippen molar-refractivity contribution in [3.63, 3.8) is 0 Å². The van der Waals surface area contributed by atoms with Gasteiger partial charge >= 0.3 is 0 Å². The van der Waals surface area contributed by atoms with Crippen molar-refractivity contribution in [1.29, 1.82) is 0 Å². The maximum absolute atomic E-state index is 3.95. The maximum atomic E-state index is 3.95. The van der Waals surface area contributed by atoms with E-state index in [0.29, 0.717) is 5.54 Å². The van der Waals surface area contributed by atoms with Crippen LogP contribution < -0.4 is 5.32 Å². The molecule has 0 amide bonds. The molecule has 2 heteroatoms. The van der Waals surface area contributed by atoms with Gasteiger partial charge in [-0.15, -0.1) is 0 Å². The van der Waals surface area contributed by atoms with Crippen molar-refractivity contribution >= 4 is 0 Å². The summed E-state index contributed by atoms with van der Waals surface area (Å²) in [5.74, 6) is 1.83. The summed E-state index contributed by atoms with van der Waals surface area (Å²) in [4.78, 5) is 2.64. The molecule has 2 nitrogen and oxygen atoms in total. The minimum absolute atomic E-state index is 0.347. The Hall–Kier alpha value is -0.0800. The van der Waals surface area contributed by atoms with Gasteiger partial charge in [-0.3, -0.25) is 4.90 Å². The SMILES string of the molecule is CC1CCC(NC2CCN(C(C)(C)C)CC2)CC1C. The predicted octanol–water partition coefficient (Wildman–Crippen LogP) is 3.66. The highest BCUT2D eigenvalue weighted by Gasteiger charge is 2.30. The third kappa shape index (κ3) is 4.19. The summed E-state index contributed by atoms with van der Waals surface area (Å²) in [6.45, 7) is 14.4. The fourth-order valence-corrected chi connectivity index (χ4v) is 3.75. The highest BCUT2D eigenvalue weighted by Crippen LogP contribution is 2.30. The Bertz CT molecular complexity index is 273. The van der Waals surface area contributed by atoms with E-state index in [1.54, 1.807) is 0 Å². The number of likely N-dealkylation sites (tertiary alicyclic amines) is 1. The number of piperidine rings is 1. The van der Waals surface area contributed by atoms with E-state index < -0.39 is 0 Å². The first-order valence-corrected chi connectivity index (χ1v) is 8.37. The number of nitrogens with zero attached hydrogens (tertiary/aromatic N) is 1. The standard InChI is InChI=1S/C17H34N2/c1-13-6-7-16(12-14(13)2)18-15-8-10-19(11-9-15)17(3,4)5/h13-16,18H,6-12H2,1-5H3. The van der Waals surface area contributed by atoms with Gasteiger partial charge in [0.2, 0.25) is 0 Å². The van der Waals surface area contributed by atoms with Crippen LogP contribution in [-0.2, 0) is 0 Å².